The first-order valence-electron chi connectivity index (χ1n) is 9.22. The second-order valence-electron chi connectivity index (χ2n) is 6.92. The summed E-state index contributed by atoms with van der Waals surface area (Å²) < 4.78 is 56.5. The van der Waals surface area contributed by atoms with Crippen LogP contribution in [0.3, 0.4) is 0 Å². The monoisotopic (exact) mass is 440 g/mol. The number of nitrogens with zero attached hydrogens (tertiary/aromatic N) is 3. The molecule has 1 fully saturated rings. The molecule has 1 aliphatic rings. The number of carbonyl (C=O) groups is 1. The van der Waals surface area contributed by atoms with Crippen LogP contribution in [0.5, 0.6) is 11.5 Å². The van der Waals surface area contributed by atoms with E-state index >= 15 is 0 Å². The number of benzene rings is 1. The number of hydrogen-bond donors (Lipinski definition) is 1. The van der Waals surface area contributed by atoms with Gasteiger partial charge in [-0.3, -0.25) is 9.69 Å². The van der Waals surface area contributed by atoms with E-state index < -0.39 is 27.7 Å². The first kappa shape index (κ1) is 22.1. The Morgan fingerprint density at radius 1 is 1.17 bits per heavy atom. The summed E-state index contributed by atoms with van der Waals surface area (Å²) in [6, 6.07) is 5.50. The van der Waals surface area contributed by atoms with Crippen LogP contribution in [0.4, 0.5) is 14.6 Å². The van der Waals surface area contributed by atoms with Gasteiger partial charge in [-0.2, -0.15) is 4.31 Å². The minimum Gasteiger partial charge on any atom is -0.453 e. The molecule has 0 radical (unpaired) electrons. The van der Waals surface area contributed by atoms with Gasteiger partial charge in [0.1, 0.15) is 17.4 Å². The van der Waals surface area contributed by atoms with Gasteiger partial charge < -0.3 is 10.1 Å². The molecule has 1 aromatic carbocycles. The predicted octanol–water partition coefficient (Wildman–Crippen LogP) is 2.06. The first-order chi connectivity index (χ1) is 14.1. The number of nitrogens with one attached hydrogen (secondary N) is 1. The van der Waals surface area contributed by atoms with E-state index in [1.807, 2.05) is 4.90 Å². The molecular weight excluding hydrogens is 418 g/mol. The Bertz CT molecular complexity index is 1010. The number of hydrogen-bond acceptors (Lipinski definition) is 6. The van der Waals surface area contributed by atoms with E-state index in [4.69, 9.17) is 4.74 Å². The molecule has 1 atom stereocenters. The molecule has 0 unspecified atom stereocenters. The number of pyridine rings is 1. The van der Waals surface area contributed by atoms with Crippen molar-refractivity contribution < 1.29 is 26.7 Å². The van der Waals surface area contributed by atoms with E-state index in [0.717, 1.165) is 6.07 Å². The van der Waals surface area contributed by atoms with Gasteiger partial charge in [0, 0.05) is 32.2 Å². The molecule has 1 amide bonds. The Morgan fingerprint density at radius 2 is 1.87 bits per heavy atom. The third-order valence-electron chi connectivity index (χ3n) is 4.78. The van der Waals surface area contributed by atoms with Crippen LogP contribution in [0.25, 0.3) is 0 Å². The summed E-state index contributed by atoms with van der Waals surface area (Å²) in [5, 5.41) is 2.69. The van der Waals surface area contributed by atoms with Crippen LogP contribution >= 0.6 is 0 Å². The highest BCUT2D eigenvalue weighted by Gasteiger charge is 2.29. The molecule has 0 saturated carbocycles. The summed E-state index contributed by atoms with van der Waals surface area (Å²) >= 11 is 0. The summed E-state index contributed by atoms with van der Waals surface area (Å²) in [5.74, 6) is -1.46. The van der Waals surface area contributed by atoms with Crippen molar-refractivity contribution in [3.05, 3.63) is 48.2 Å². The topological polar surface area (TPSA) is 91.8 Å². The average molecular weight is 440 g/mol. The molecule has 1 aromatic heterocycles. The predicted molar refractivity (Wildman–Crippen MR) is 107 cm³/mol. The zero-order valence-corrected chi connectivity index (χ0v) is 17.3. The highest BCUT2D eigenvalue weighted by atomic mass is 32.2. The fourth-order valence-electron chi connectivity index (χ4n) is 3.02. The number of sulfonamides is 1. The highest BCUT2D eigenvalue weighted by Crippen LogP contribution is 2.25. The van der Waals surface area contributed by atoms with E-state index in [0.29, 0.717) is 32.2 Å². The quantitative estimate of drug-likeness (QED) is 0.739. The number of ether oxygens (including phenoxy) is 1. The summed E-state index contributed by atoms with van der Waals surface area (Å²) in [5.41, 5.74) is 0. The minimum absolute atomic E-state index is 0.142. The Morgan fingerprint density at radius 3 is 2.43 bits per heavy atom. The van der Waals surface area contributed by atoms with E-state index in [-0.39, 0.29) is 23.2 Å². The largest absolute Gasteiger partial charge is 0.453 e. The zero-order chi connectivity index (χ0) is 21.9. The molecule has 8 nitrogen and oxygen atoms in total. The van der Waals surface area contributed by atoms with Crippen LogP contribution in [0, 0.1) is 11.6 Å². The lowest BCUT2D eigenvalue weighted by atomic mass is 10.2. The molecule has 3 rings (SSSR count). The van der Waals surface area contributed by atoms with Crippen LogP contribution in [-0.4, -0.2) is 67.0 Å². The van der Waals surface area contributed by atoms with Crippen molar-refractivity contribution in [1.82, 2.24) is 14.2 Å². The molecule has 162 valence electrons. The number of amides is 1. The van der Waals surface area contributed by atoms with Crippen LogP contribution in [0.1, 0.15) is 6.92 Å². The van der Waals surface area contributed by atoms with Crippen molar-refractivity contribution in [2.24, 2.45) is 0 Å². The Labute approximate surface area is 173 Å². The lowest BCUT2D eigenvalue weighted by Crippen LogP contribution is -2.53. The number of aromatic nitrogens is 1. The number of carbonyl (C=O) groups excluding carboxylic acids is 1. The third kappa shape index (κ3) is 5.49. The maximum Gasteiger partial charge on any atom is 0.242 e. The van der Waals surface area contributed by atoms with Crippen molar-refractivity contribution >= 4 is 21.7 Å². The molecule has 0 bridgehead atoms. The van der Waals surface area contributed by atoms with Gasteiger partial charge in [-0.05, 0) is 31.2 Å². The molecule has 1 N–H and O–H groups in total. The molecule has 1 aliphatic heterocycles. The van der Waals surface area contributed by atoms with Crippen molar-refractivity contribution in [2.75, 3.05) is 37.8 Å². The van der Waals surface area contributed by atoms with Gasteiger partial charge in [0.15, 0.2) is 11.6 Å². The molecule has 1 saturated heterocycles. The minimum atomic E-state index is -3.23. The second-order valence-corrected chi connectivity index (χ2v) is 8.90. The Balaban J connectivity index is 1.55. The van der Waals surface area contributed by atoms with Crippen molar-refractivity contribution in [3.63, 3.8) is 0 Å². The van der Waals surface area contributed by atoms with Gasteiger partial charge in [-0.1, -0.05) is 0 Å². The smallest absolute Gasteiger partial charge is 0.242 e. The molecule has 0 spiro atoms. The number of piperazine rings is 1. The number of anilines is 1. The molecule has 30 heavy (non-hydrogen) atoms. The van der Waals surface area contributed by atoms with Crippen LogP contribution in [-0.2, 0) is 14.8 Å². The zero-order valence-electron chi connectivity index (χ0n) is 16.5. The standard InChI is InChI=1S/C19H22F2N4O4S/c1-13(24-7-9-25(10-8-24)30(2,27)28)19(26)23-18-6-4-15(12-22-18)29-17-5-3-14(20)11-16(17)21/h3-6,11-13H,7-10H2,1-2H3,(H,22,23,26)/t13-/m0/s1. The SMILES string of the molecule is C[C@@H](C(=O)Nc1ccc(Oc2ccc(F)cc2F)cn1)N1CCN(S(C)(=O)=O)CC1. The Hall–Kier alpha value is -2.63. The maximum atomic E-state index is 13.7. The fraction of sp³-hybridized carbons (Fsp3) is 0.368. The van der Waals surface area contributed by atoms with Crippen molar-refractivity contribution in [3.8, 4) is 11.5 Å². The average Bonchev–Trinajstić information content (AvgIpc) is 2.70. The van der Waals surface area contributed by atoms with Gasteiger partial charge >= 0.3 is 0 Å². The highest BCUT2D eigenvalue weighted by molar-refractivity contribution is 7.88. The van der Waals surface area contributed by atoms with Crippen molar-refractivity contribution in [2.45, 2.75) is 13.0 Å². The summed E-state index contributed by atoms with van der Waals surface area (Å²) in [6.07, 6.45) is 2.48. The molecule has 2 aromatic rings. The summed E-state index contributed by atoms with van der Waals surface area (Å²) in [4.78, 5) is 18.5. The van der Waals surface area contributed by atoms with Gasteiger partial charge in [-0.15, -0.1) is 0 Å². The van der Waals surface area contributed by atoms with Gasteiger partial charge in [0.2, 0.25) is 15.9 Å². The molecular formula is C19H22F2N4O4S. The number of rotatable bonds is 6. The second kappa shape index (κ2) is 9.02. The van der Waals surface area contributed by atoms with Crippen molar-refractivity contribution in [1.29, 1.82) is 0 Å². The van der Waals surface area contributed by atoms with E-state index in [1.165, 1.54) is 35.0 Å². The van der Waals surface area contributed by atoms with E-state index in [9.17, 15) is 22.0 Å². The lowest BCUT2D eigenvalue weighted by Gasteiger charge is -2.36. The molecule has 0 aliphatic carbocycles. The summed E-state index contributed by atoms with van der Waals surface area (Å²) in [7, 11) is -3.23. The molecule has 2 heterocycles. The van der Waals surface area contributed by atoms with Crippen LogP contribution in [0.2, 0.25) is 0 Å². The fourth-order valence-corrected chi connectivity index (χ4v) is 3.85. The Kier molecular flexibility index (Phi) is 6.64. The number of halogens is 2. The van der Waals surface area contributed by atoms with E-state index in [2.05, 4.69) is 10.3 Å². The first-order valence-corrected chi connectivity index (χ1v) is 11.1. The molecule has 11 heteroatoms. The lowest BCUT2D eigenvalue weighted by molar-refractivity contribution is -0.121. The maximum absolute atomic E-state index is 13.7. The van der Waals surface area contributed by atoms with Gasteiger partial charge in [0.05, 0.1) is 18.5 Å². The van der Waals surface area contributed by atoms with Gasteiger partial charge in [0.25, 0.3) is 0 Å². The summed E-state index contributed by atoms with van der Waals surface area (Å²) in [6.45, 7) is 3.30. The van der Waals surface area contributed by atoms with Gasteiger partial charge in [-0.25, -0.2) is 22.2 Å². The van der Waals surface area contributed by atoms with Crippen LogP contribution < -0.4 is 10.1 Å². The van der Waals surface area contributed by atoms with Crippen LogP contribution in [0.15, 0.2) is 36.5 Å². The normalized spacial score (nSPS) is 16.8. The third-order valence-corrected chi connectivity index (χ3v) is 6.08. The van der Waals surface area contributed by atoms with E-state index in [1.54, 1.807) is 6.92 Å².